The van der Waals surface area contributed by atoms with E-state index in [4.69, 9.17) is 28.4 Å². The van der Waals surface area contributed by atoms with Crippen LogP contribution in [0.3, 0.4) is 0 Å². The van der Waals surface area contributed by atoms with Crippen molar-refractivity contribution in [2.75, 3.05) is 60.7 Å². The Balaban J connectivity index is 1.01. The molecule has 0 radical (unpaired) electrons. The minimum atomic E-state index is -1.18. The molecule has 54 heavy (non-hydrogen) atoms. The van der Waals surface area contributed by atoms with Crippen LogP contribution in [0.2, 0.25) is 0 Å². The summed E-state index contributed by atoms with van der Waals surface area (Å²) in [5, 5.41) is 8.80. The molecule has 286 valence electrons. The van der Waals surface area contributed by atoms with Crippen LogP contribution >= 0.6 is 0 Å². The second kappa shape index (κ2) is 15.6. The molecule has 13 nitrogen and oxygen atoms in total. The van der Waals surface area contributed by atoms with Crippen LogP contribution in [0, 0.1) is 13.8 Å². The molecule has 0 unspecified atom stereocenters. The Bertz CT molecular complexity index is 1940. The van der Waals surface area contributed by atoms with Gasteiger partial charge < -0.3 is 44.0 Å². The summed E-state index contributed by atoms with van der Waals surface area (Å²) in [4.78, 5) is 55.7. The third kappa shape index (κ3) is 8.28. The molecule has 0 aromatic heterocycles. The predicted molar refractivity (Wildman–Crippen MR) is 201 cm³/mol. The summed E-state index contributed by atoms with van der Waals surface area (Å²) in [6.07, 6.45) is -2.35. The lowest BCUT2D eigenvalue weighted by molar-refractivity contribution is -0.133. The minimum Gasteiger partial charge on any atom is -0.497 e. The van der Waals surface area contributed by atoms with E-state index in [1.54, 1.807) is 26.0 Å². The van der Waals surface area contributed by atoms with Crippen LogP contribution in [-0.2, 0) is 28.5 Å². The van der Waals surface area contributed by atoms with Gasteiger partial charge in [-0.25, -0.2) is 9.59 Å². The number of hydrogen-bond donors (Lipinski definition) is 2. The molecule has 2 heterocycles. The summed E-state index contributed by atoms with van der Waals surface area (Å²) in [5.41, 5.74) is 0.639. The molecule has 2 saturated heterocycles. The summed E-state index contributed by atoms with van der Waals surface area (Å²) in [6, 6.07) is 18.2. The van der Waals surface area contributed by atoms with E-state index in [1.807, 2.05) is 74.3 Å². The van der Waals surface area contributed by atoms with E-state index in [-0.39, 0.29) is 26.3 Å². The average Bonchev–Trinajstić information content (AvgIpc) is 4.09. The van der Waals surface area contributed by atoms with E-state index < -0.39 is 47.2 Å². The van der Waals surface area contributed by atoms with Crippen LogP contribution < -0.4 is 20.1 Å². The molecule has 13 heteroatoms. The van der Waals surface area contributed by atoms with Gasteiger partial charge >= 0.3 is 11.9 Å². The van der Waals surface area contributed by atoms with Crippen molar-refractivity contribution in [1.29, 1.82) is 0 Å². The maximum Gasteiger partial charge on any atom is 0.339 e. The number of aryl methyl sites for hydroxylation is 2. The van der Waals surface area contributed by atoms with Gasteiger partial charge in [0.2, 0.25) is 12.2 Å². The smallest absolute Gasteiger partial charge is 0.339 e. The fourth-order valence-electron chi connectivity index (χ4n) is 6.42. The number of fused-ring (bicyclic) bond motifs is 2. The van der Waals surface area contributed by atoms with Gasteiger partial charge in [0.1, 0.15) is 22.7 Å². The lowest BCUT2D eigenvalue weighted by Crippen LogP contribution is -2.49. The monoisotopic (exact) mass is 741 g/mol. The van der Waals surface area contributed by atoms with Gasteiger partial charge in [-0.3, -0.25) is 9.59 Å². The normalized spacial score (nSPS) is 19.9. The van der Waals surface area contributed by atoms with E-state index in [1.165, 1.54) is 14.2 Å². The number of benzene rings is 4. The molecule has 0 aliphatic carbocycles. The van der Waals surface area contributed by atoms with Crippen molar-refractivity contribution in [3.63, 3.8) is 0 Å². The van der Waals surface area contributed by atoms with Gasteiger partial charge in [0.25, 0.3) is 11.8 Å². The van der Waals surface area contributed by atoms with Crippen LogP contribution in [0.15, 0.2) is 60.7 Å². The summed E-state index contributed by atoms with van der Waals surface area (Å²) in [5.74, 6) is -1.27. The van der Waals surface area contributed by atoms with E-state index in [2.05, 4.69) is 10.6 Å². The van der Waals surface area contributed by atoms with E-state index in [0.717, 1.165) is 21.9 Å². The molecular formula is C41H47N3O10. The molecule has 2 aliphatic heterocycles. The molecule has 0 saturated carbocycles. The first-order valence-corrected chi connectivity index (χ1v) is 17.9. The van der Waals surface area contributed by atoms with Gasteiger partial charge in [-0.05, 0) is 91.7 Å². The number of ether oxygens (including phenoxy) is 6. The molecule has 6 rings (SSSR count). The van der Waals surface area contributed by atoms with Gasteiger partial charge in [0.15, 0.2) is 0 Å². The lowest BCUT2D eigenvalue weighted by Gasteiger charge is -2.23. The standard InChI is InChI=1S/C41H47N3O10/c1-24-10-8-12-28-30(24)18-26(49-6)20-32(28)38(47)53-34(40(3)22-51-40)36(45)42-14-16-44(5)17-15-43-37(46)35(41(4)23-52-41)54-39(48)33-21-27(50-7)19-31-25(2)11-9-13-29(31)33/h8-13,18-21,34-35H,14-17,22-23H2,1-7H3,(H,42,45)(H,43,46)/t34-,35-,40+,41+/m1/s1. The summed E-state index contributed by atoms with van der Waals surface area (Å²) < 4.78 is 33.6. The highest BCUT2D eigenvalue weighted by molar-refractivity contribution is 6.08. The number of likely N-dealkylation sites (N-methyl/N-ethyl adjacent to an activating group) is 1. The maximum atomic E-state index is 13.5. The van der Waals surface area contributed by atoms with Gasteiger partial charge in [-0.15, -0.1) is 0 Å². The zero-order chi connectivity index (χ0) is 38.8. The van der Waals surface area contributed by atoms with Gasteiger partial charge in [-0.1, -0.05) is 36.4 Å². The second-order valence-electron chi connectivity index (χ2n) is 14.3. The Kier molecular flexibility index (Phi) is 11.1. The fraction of sp³-hybridized carbons (Fsp3) is 0.415. The van der Waals surface area contributed by atoms with Gasteiger partial charge in [0, 0.05) is 26.2 Å². The zero-order valence-corrected chi connectivity index (χ0v) is 31.7. The first-order chi connectivity index (χ1) is 25.8. The van der Waals surface area contributed by atoms with Crippen molar-refractivity contribution >= 4 is 45.3 Å². The number of hydrogen-bond acceptors (Lipinski definition) is 11. The third-order valence-corrected chi connectivity index (χ3v) is 10.1. The van der Waals surface area contributed by atoms with Crippen molar-refractivity contribution in [3.05, 3.63) is 82.9 Å². The third-order valence-electron chi connectivity index (χ3n) is 10.1. The van der Waals surface area contributed by atoms with Gasteiger partial charge in [0.05, 0.1) is 38.6 Å². The molecular weight excluding hydrogens is 694 g/mol. The van der Waals surface area contributed by atoms with Crippen LogP contribution in [0.5, 0.6) is 11.5 Å². The molecule has 0 bridgehead atoms. The number of methoxy groups -OCH3 is 2. The zero-order valence-electron chi connectivity index (χ0n) is 31.7. The molecule has 2 amide bonds. The Hall–Kier alpha value is -5.24. The minimum absolute atomic E-state index is 0.245. The molecule has 2 fully saturated rings. The SMILES string of the molecule is COc1cc(C(=O)O[C@H](C(=O)NCCN(C)CCNC(=O)[C@@H](OC(=O)c2cc(OC)cc3c(C)cccc23)[C@]2(C)CO2)[C@]2(C)CO2)c2cccc(C)c2c1. The largest absolute Gasteiger partial charge is 0.497 e. The van der Waals surface area contributed by atoms with Crippen LogP contribution in [0.25, 0.3) is 21.5 Å². The molecule has 4 aromatic carbocycles. The highest BCUT2D eigenvalue weighted by atomic mass is 16.6. The van der Waals surface area contributed by atoms with Crippen LogP contribution in [0.1, 0.15) is 45.7 Å². The number of amides is 2. The van der Waals surface area contributed by atoms with Gasteiger partial charge in [-0.2, -0.15) is 0 Å². The van der Waals surface area contributed by atoms with Crippen molar-refractivity contribution in [2.45, 2.75) is 51.1 Å². The number of nitrogens with zero attached hydrogens (tertiary/aromatic N) is 1. The number of esters is 2. The first kappa shape index (κ1) is 38.5. The van der Waals surface area contributed by atoms with Crippen molar-refractivity contribution in [2.24, 2.45) is 0 Å². The fourth-order valence-corrected chi connectivity index (χ4v) is 6.42. The molecule has 0 spiro atoms. The highest BCUT2D eigenvalue weighted by Gasteiger charge is 2.54. The van der Waals surface area contributed by atoms with Crippen molar-refractivity contribution in [1.82, 2.24) is 15.5 Å². The number of nitrogens with one attached hydrogen (secondary N) is 2. The summed E-state index contributed by atoms with van der Waals surface area (Å²) >= 11 is 0. The van der Waals surface area contributed by atoms with Crippen LogP contribution in [-0.4, -0.2) is 113 Å². The molecule has 4 atom stereocenters. The van der Waals surface area contributed by atoms with E-state index in [0.29, 0.717) is 46.5 Å². The first-order valence-electron chi connectivity index (χ1n) is 17.9. The summed E-state index contributed by atoms with van der Waals surface area (Å²) in [7, 11) is 4.90. The van der Waals surface area contributed by atoms with Crippen molar-refractivity contribution in [3.8, 4) is 11.5 Å². The van der Waals surface area contributed by atoms with E-state index in [9.17, 15) is 19.2 Å². The Morgan fingerprint density at radius 3 is 1.43 bits per heavy atom. The Morgan fingerprint density at radius 2 is 1.07 bits per heavy atom. The highest BCUT2D eigenvalue weighted by Crippen LogP contribution is 2.36. The number of carbonyl (C=O) groups is 4. The quantitative estimate of drug-likeness (QED) is 0.126. The van der Waals surface area contributed by atoms with Crippen LogP contribution in [0.4, 0.5) is 0 Å². The maximum absolute atomic E-state index is 13.5. The number of epoxide rings is 2. The molecule has 2 aliphatic rings. The average molecular weight is 742 g/mol. The molecule has 2 N–H and O–H groups in total. The Labute approximate surface area is 314 Å². The van der Waals surface area contributed by atoms with Crippen molar-refractivity contribution < 1.29 is 47.6 Å². The van der Waals surface area contributed by atoms with E-state index >= 15 is 0 Å². The Morgan fingerprint density at radius 1 is 0.685 bits per heavy atom. The number of carbonyl (C=O) groups excluding carboxylic acids is 4. The number of rotatable bonds is 16. The predicted octanol–water partition coefficient (Wildman–Crippen LogP) is 4.12. The topological polar surface area (TPSA) is 158 Å². The lowest BCUT2D eigenvalue weighted by atomic mass is 10.00. The molecule has 4 aromatic rings. The summed E-state index contributed by atoms with van der Waals surface area (Å²) in [6.45, 7) is 9.24. The second-order valence-corrected chi connectivity index (χ2v) is 14.3.